The van der Waals surface area contributed by atoms with Crippen LogP contribution in [0, 0.1) is 5.82 Å². The summed E-state index contributed by atoms with van der Waals surface area (Å²) < 4.78 is 19.3. The lowest BCUT2D eigenvalue weighted by atomic mass is 10.1. The number of nitrogens with two attached hydrogens (primary N) is 1. The summed E-state index contributed by atoms with van der Waals surface area (Å²) in [6.07, 6.45) is 0. The fraction of sp³-hybridized carbons (Fsp3) is 0. The molecule has 0 radical (unpaired) electrons. The van der Waals surface area contributed by atoms with Gasteiger partial charge in [-0.25, -0.2) is 4.39 Å². The van der Waals surface area contributed by atoms with Crippen molar-refractivity contribution >= 4 is 40.6 Å². The minimum atomic E-state index is -0.709. The predicted molar refractivity (Wildman–Crippen MR) is 80.5 cm³/mol. The molecule has 4 nitrogen and oxygen atoms in total. The van der Waals surface area contributed by atoms with Crippen molar-refractivity contribution in [3.63, 3.8) is 0 Å². The van der Waals surface area contributed by atoms with Crippen LogP contribution in [0.15, 0.2) is 35.5 Å². The molecule has 2 aromatic carbocycles. The highest BCUT2D eigenvalue weighted by Crippen LogP contribution is 2.37. The molecular formula is C13H8Cl3FN2O2. The van der Waals surface area contributed by atoms with Crippen molar-refractivity contribution in [1.82, 2.24) is 0 Å². The number of ether oxygens (including phenoxy) is 1. The molecule has 0 aliphatic carbocycles. The molecule has 2 aromatic rings. The van der Waals surface area contributed by atoms with Crippen LogP contribution in [0.3, 0.4) is 0 Å². The first kappa shape index (κ1) is 15.7. The Balaban J connectivity index is 2.50. The van der Waals surface area contributed by atoms with E-state index in [2.05, 4.69) is 5.16 Å². The molecule has 21 heavy (non-hydrogen) atoms. The van der Waals surface area contributed by atoms with E-state index in [1.807, 2.05) is 0 Å². The van der Waals surface area contributed by atoms with Crippen molar-refractivity contribution in [2.24, 2.45) is 10.9 Å². The number of hydrogen-bond acceptors (Lipinski definition) is 3. The van der Waals surface area contributed by atoms with E-state index in [1.54, 1.807) is 0 Å². The maximum atomic E-state index is 13.8. The molecular weight excluding hydrogens is 342 g/mol. The summed E-state index contributed by atoms with van der Waals surface area (Å²) in [5, 5.41) is 12.1. The van der Waals surface area contributed by atoms with Gasteiger partial charge >= 0.3 is 0 Å². The van der Waals surface area contributed by atoms with Crippen molar-refractivity contribution in [2.75, 3.05) is 0 Å². The average molecular weight is 350 g/mol. The summed E-state index contributed by atoms with van der Waals surface area (Å²) in [4.78, 5) is 0. The Morgan fingerprint density at radius 2 is 1.76 bits per heavy atom. The number of hydrogen-bond donors (Lipinski definition) is 2. The molecule has 0 aliphatic rings. The molecule has 110 valence electrons. The zero-order valence-electron chi connectivity index (χ0n) is 10.3. The van der Waals surface area contributed by atoms with Crippen LogP contribution >= 0.6 is 34.8 Å². The smallest absolute Gasteiger partial charge is 0.176 e. The number of oxime groups is 1. The highest BCUT2D eigenvalue weighted by molar-refractivity contribution is 6.43. The van der Waals surface area contributed by atoms with Crippen molar-refractivity contribution < 1.29 is 14.3 Å². The fourth-order valence-corrected chi connectivity index (χ4v) is 2.16. The monoisotopic (exact) mass is 348 g/mol. The van der Waals surface area contributed by atoms with E-state index < -0.39 is 11.7 Å². The second-order valence-corrected chi connectivity index (χ2v) is 5.12. The minimum absolute atomic E-state index is 0.0191. The standard InChI is InChI=1S/C13H8Cl3FN2O2/c14-6-4-8(16)11(5-7(6)15)21-10-3-1-2-9(17)12(10)13(18)19-20/h1-5,20H,(H2,18,19). The van der Waals surface area contributed by atoms with Crippen LogP contribution in [0.4, 0.5) is 4.39 Å². The largest absolute Gasteiger partial charge is 0.455 e. The summed E-state index contributed by atoms with van der Waals surface area (Å²) in [6.45, 7) is 0. The zero-order chi connectivity index (χ0) is 15.6. The normalized spacial score (nSPS) is 11.5. The molecule has 3 N–H and O–H groups in total. The van der Waals surface area contributed by atoms with Gasteiger partial charge in [-0.1, -0.05) is 46.0 Å². The van der Waals surface area contributed by atoms with E-state index in [4.69, 9.17) is 50.5 Å². The maximum absolute atomic E-state index is 13.8. The Morgan fingerprint density at radius 1 is 1.10 bits per heavy atom. The molecule has 0 amide bonds. The quantitative estimate of drug-likeness (QED) is 0.278. The first-order valence-corrected chi connectivity index (χ1v) is 6.66. The Morgan fingerprint density at radius 3 is 2.43 bits per heavy atom. The van der Waals surface area contributed by atoms with Gasteiger partial charge in [0, 0.05) is 6.07 Å². The van der Waals surface area contributed by atoms with Gasteiger partial charge in [-0.3, -0.25) is 0 Å². The molecule has 0 saturated carbocycles. The summed E-state index contributed by atoms with van der Waals surface area (Å²) in [6, 6.07) is 6.77. The van der Waals surface area contributed by atoms with Crippen LogP contribution in [0.5, 0.6) is 11.5 Å². The third kappa shape index (κ3) is 3.32. The molecule has 0 atom stereocenters. The van der Waals surface area contributed by atoms with Crippen LogP contribution in [0.1, 0.15) is 5.56 Å². The van der Waals surface area contributed by atoms with Crippen molar-refractivity contribution in [1.29, 1.82) is 0 Å². The summed E-state index contributed by atoms with van der Waals surface area (Å²) in [5.74, 6) is -0.965. The summed E-state index contributed by atoms with van der Waals surface area (Å²) >= 11 is 17.7. The van der Waals surface area contributed by atoms with Gasteiger partial charge in [-0.2, -0.15) is 0 Å². The second-order valence-electron chi connectivity index (χ2n) is 3.90. The lowest BCUT2D eigenvalue weighted by molar-refractivity contribution is 0.318. The Hall–Kier alpha value is -1.69. The Kier molecular flexibility index (Phi) is 4.77. The first-order chi connectivity index (χ1) is 9.93. The Bertz CT molecular complexity index is 723. The van der Waals surface area contributed by atoms with Gasteiger partial charge in [0.25, 0.3) is 0 Å². The molecule has 0 aromatic heterocycles. The second kappa shape index (κ2) is 6.39. The molecule has 0 fully saturated rings. The van der Waals surface area contributed by atoms with Crippen LogP contribution in [-0.4, -0.2) is 11.0 Å². The molecule has 2 rings (SSSR count). The third-order valence-corrected chi connectivity index (χ3v) is 3.55. The van der Waals surface area contributed by atoms with E-state index in [0.29, 0.717) is 0 Å². The van der Waals surface area contributed by atoms with E-state index in [0.717, 1.165) is 6.07 Å². The highest BCUT2D eigenvalue weighted by atomic mass is 35.5. The molecule has 0 bridgehead atoms. The van der Waals surface area contributed by atoms with Gasteiger partial charge < -0.3 is 15.7 Å². The lowest BCUT2D eigenvalue weighted by Crippen LogP contribution is -2.16. The fourth-order valence-electron chi connectivity index (χ4n) is 1.59. The van der Waals surface area contributed by atoms with Gasteiger partial charge in [-0.05, 0) is 18.2 Å². The summed E-state index contributed by atoms with van der Waals surface area (Å²) in [7, 11) is 0. The summed E-state index contributed by atoms with van der Waals surface area (Å²) in [5.41, 5.74) is 5.25. The number of nitrogens with zero attached hydrogens (tertiary/aromatic N) is 1. The number of benzene rings is 2. The third-order valence-electron chi connectivity index (χ3n) is 2.53. The van der Waals surface area contributed by atoms with Gasteiger partial charge in [0.05, 0.1) is 20.6 Å². The highest BCUT2D eigenvalue weighted by Gasteiger charge is 2.16. The molecule has 0 spiro atoms. The molecule has 0 heterocycles. The van der Waals surface area contributed by atoms with Crippen molar-refractivity contribution in [2.45, 2.75) is 0 Å². The molecule has 0 saturated heterocycles. The molecule has 8 heteroatoms. The molecule has 0 unspecified atom stereocenters. The number of amidine groups is 1. The number of halogens is 4. The maximum Gasteiger partial charge on any atom is 0.176 e. The van der Waals surface area contributed by atoms with E-state index in [-0.39, 0.29) is 32.1 Å². The Labute approximate surface area is 134 Å². The van der Waals surface area contributed by atoms with Crippen LogP contribution in [0.2, 0.25) is 15.1 Å². The van der Waals surface area contributed by atoms with Gasteiger partial charge in [0.1, 0.15) is 17.3 Å². The van der Waals surface area contributed by atoms with Crippen molar-refractivity contribution in [3.8, 4) is 11.5 Å². The first-order valence-electron chi connectivity index (χ1n) is 5.53. The molecule has 0 aliphatic heterocycles. The van der Waals surface area contributed by atoms with Crippen LogP contribution < -0.4 is 10.5 Å². The minimum Gasteiger partial charge on any atom is -0.455 e. The zero-order valence-corrected chi connectivity index (χ0v) is 12.5. The van der Waals surface area contributed by atoms with Crippen LogP contribution in [0.25, 0.3) is 0 Å². The number of rotatable bonds is 3. The van der Waals surface area contributed by atoms with Crippen LogP contribution in [-0.2, 0) is 0 Å². The van der Waals surface area contributed by atoms with E-state index >= 15 is 0 Å². The van der Waals surface area contributed by atoms with E-state index in [1.165, 1.54) is 24.3 Å². The van der Waals surface area contributed by atoms with Crippen molar-refractivity contribution in [3.05, 3.63) is 56.8 Å². The average Bonchev–Trinajstić information content (AvgIpc) is 2.44. The van der Waals surface area contributed by atoms with Gasteiger partial charge in [-0.15, -0.1) is 0 Å². The topological polar surface area (TPSA) is 67.8 Å². The van der Waals surface area contributed by atoms with Gasteiger partial charge in [0.2, 0.25) is 0 Å². The van der Waals surface area contributed by atoms with Gasteiger partial charge in [0.15, 0.2) is 5.84 Å². The van der Waals surface area contributed by atoms with E-state index in [9.17, 15) is 4.39 Å². The lowest BCUT2D eigenvalue weighted by Gasteiger charge is -2.12. The SMILES string of the molecule is NC(=NO)c1c(F)cccc1Oc1cc(Cl)c(Cl)cc1Cl. The predicted octanol–water partition coefficient (Wildman–Crippen LogP) is 4.67.